The van der Waals surface area contributed by atoms with Gasteiger partial charge in [-0.2, -0.15) is 0 Å². The van der Waals surface area contributed by atoms with E-state index < -0.39 is 11.4 Å². The van der Waals surface area contributed by atoms with Gasteiger partial charge in [0.05, 0.1) is 5.41 Å². The van der Waals surface area contributed by atoms with Crippen LogP contribution in [0.2, 0.25) is 0 Å². The lowest BCUT2D eigenvalue weighted by molar-refractivity contribution is -0.153. The van der Waals surface area contributed by atoms with Crippen molar-refractivity contribution in [1.82, 2.24) is 9.88 Å². The molecule has 1 unspecified atom stereocenters. The number of pyridine rings is 1. The molecule has 116 valence electrons. The standard InChI is InChI=1S/C17H26N2O2/c1-14(2)19-12-6-10-17(13-19,16(20)21)9-5-8-15-7-3-4-11-18-15/h3-4,7,11,14H,5-6,8-10,12-13H2,1-2H3,(H,20,21). The molecular formula is C17H26N2O2. The Bertz CT molecular complexity index is 461. The van der Waals surface area contributed by atoms with Gasteiger partial charge in [-0.1, -0.05) is 6.07 Å². The van der Waals surface area contributed by atoms with Gasteiger partial charge < -0.3 is 5.11 Å². The van der Waals surface area contributed by atoms with E-state index in [-0.39, 0.29) is 0 Å². The Morgan fingerprint density at radius 2 is 2.29 bits per heavy atom. The molecule has 1 aliphatic rings. The topological polar surface area (TPSA) is 53.4 Å². The van der Waals surface area contributed by atoms with Crippen LogP contribution in [0.25, 0.3) is 0 Å². The fraction of sp³-hybridized carbons (Fsp3) is 0.647. The first-order valence-electron chi connectivity index (χ1n) is 7.91. The van der Waals surface area contributed by atoms with Gasteiger partial charge in [-0.15, -0.1) is 0 Å². The van der Waals surface area contributed by atoms with Crippen LogP contribution in [0, 0.1) is 5.41 Å². The van der Waals surface area contributed by atoms with Gasteiger partial charge in [0.25, 0.3) is 0 Å². The minimum Gasteiger partial charge on any atom is -0.481 e. The summed E-state index contributed by atoms with van der Waals surface area (Å²) in [5.41, 5.74) is 0.478. The number of aryl methyl sites for hydroxylation is 1. The van der Waals surface area contributed by atoms with Crippen molar-refractivity contribution in [3.8, 4) is 0 Å². The highest BCUT2D eigenvalue weighted by molar-refractivity contribution is 5.75. The highest BCUT2D eigenvalue weighted by Crippen LogP contribution is 2.36. The number of piperidine rings is 1. The van der Waals surface area contributed by atoms with Crippen LogP contribution in [0.5, 0.6) is 0 Å². The second kappa shape index (κ2) is 7.03. The van der Waals surface area contributed by atoms with Crippen LogP contribution in [0.15, 0.2) is 24.4 Å². The number of carboxylic acid groups (broad SMARTS) is 1. The van der Waals surface area contributed by atoms with Gasteiger partial charge in [0, 0.05) is 24.5 Å². The number of hydrogen-bond acceptors (Lipinski definition) is 3. The number of carboxylic acids is 1. The van der Waals surface area contributed by atoms with Crippen molar-refractivity contribution in [2.45, 2.75) is 52.0 Å². The third-order valence-corrected chi connectivity index (χ3v) is 4.60. The maximum absolute atomic E-state index is 11.8. The summed E-state index contributed by atoms with van der Waals surface area (Å²) < 4.78 is 0. The molecule has 0 aromatic carbocycles. The fourth-order valence-electron chi connectivity index (χ4n) is 3.25. The van der Waals surface area contributed by atoms with Gasteiger partial charge in [0.15, 0.2) is 0 Å². The zero-order valence-corrected chi connectivity index (χ0v) is 13.1. The summed E-state index contributed by atoms with van der Waals surface area (Å²) in [7, 11) is 0. The fourth-order valence-corrected chi connectivity index (χ4v) is 3.25. The predicted octanol–water partition coefficient (Wildman–Crippen LogP) is 2.98. The first kappa shape index (κ1) is 16.0. The number of aliphatic carboxylic acids is 1. The maximum atomic E-state index is 11.8. The summed E-state index contributed by atoms with van der Waals surface area (Å²) >= 11 is 0. The van der Waals surface area contributed by atoms with E-state index in [1.54, 1.807) is 6.20 Å². The second-order valence-electron chi connectivity index (χ2n) is 6.43. The summed E-state index contributed by atoms with van der Waals surface area (Å²) in [5.74, 6) is -0.631. The summed E-state index contributed by atoms with van der Waals surface area (Å²) in [6.07, 6.45) is 6.06. The van der Waals surface area contributed by atoms with E-state index in [9.17, 15) is 9.90 Å². The van der Waals surface area contributed by atoms with Crippen LogP contribution >= 0.6 is 0 Å². The highest BCUT2D eigenvalue weighted by Gasteiger charge is 2.42. The van der Waals surface area contributed by atoms with Crippen LogP contribution in [0.4, 0.5) is 0 Å². The Morgan fingerprint density at radius 1 is 1.48 bits per heavy atom. The number of carbonyl (C=O) groups is 1. The van der Waals surface area contributed by atoms with Crippen LogP contribution in [0.1, 0.15) is 45.2 Å². The molecule has 1 aromatic heterocycles. The molecule has 0 bridgehead atoms. The minimum absolute atomic E-state index is 0.416. The normalized spacial score (nSPS) is 23.4. The van der Waals surface area contributed by atoms with E-state index in [0.717, 1.165) is 44.3 Å². The van der Waals surface area contributed by atoms with Crippen molar-refractivity contribution in [2.24, 2.45) is 5.41 Å². The quantitative estimate of drug-likeness (QED) is 0.875. The predicted molar refractivity (Wildman–Crippen MR) is 83.2 cm³/mol. The zero-order valence-electron chi connectivity index (χ0n) is 13.1. The molecule has 0 spiro atoms. The van der Waals surface area contributed by atoms with Gasteiger partial charge in [0.1, 0.15) is 0 Å². The molecule has 4 nitrogen and oxygen atoms in total. The van der Waals surface area contributed by atoms with Crippen molar-refractivity contribution in [3.05, 3.63) is 30.1 Å². The van der Waals surface area contributed by atoms with Crippen molar-refractivity contribution in [1.29, 1.82) is 0 Å². The van der Waals surface area contributed by atoms with E-state index in [0.29, 0.717) is 12.6 Å². The first-order valence-corrected chi connectivity index (χ1v) is 7.91. The summed E-state index contributed by atoms with van der Waals surface area (Å²) in [6, 6.07) is 6.31. The number of aromatic nitrogens is 1. The van der Waals surface area contributed by atoms with E-state index >= 15 is 0 Å². The van der Waals surface area contributed by atoms with E-state index in [2.05, 4.69) is 23.7 Å². The molecule has 4 heteroatoms. The van der Waals surface area contributed by atoms with Crippen LogP contribution in [-0.2, 0) is 11.2 Å². The molecule has 0 amide bonds. The summed E-state index contributed by atoms with van der Waals surface area (Å²) in [4.78, 5) is 18.5. The highest BCUT2D eigenvalue weighted by atomic mass is 16.4. The number of nitrogens with zero attached hydrogens (tertiary/aromatic N) is 2. The Morgan fingerprint density at radius 3 is 2.90 bits per heavy atom. The second-order valence-corrected chi connectivity index (χ2v) is 6.43. The van der Waals surface area contributed by atoms with E-state index in [4.69, 9.17) is 0 Å². The van der Waals surface area contributed by atoms with Gasteiger partial charge in [-0.3, -0.25) is 14.7 Å². The maximum Gasteiger partial charge on any atom is 0.310 e. The first-order chi connectivity index (χ1) is 10.0. The van der Waals surface area contributed by atoms with Gasteiger partial charge in [-0.25, -0.2) is 0 Å². The summed E-state index contributed by atoms with van der Waals surface area (Å²) in [6.45, 7) is 5.99. The lowest BCUT2D eigenvalue weighted by atomic mass is 9.75. The Balaban J connectivity index is 1.97. The lowest BCUT2D eigenvalue weighted by Gasteiger charge is -2.42. The van der Waals surface area contributed by atoms with Gasteiger partial charge >= 0.3 is 5.97 Å². The molecule has 1 fully saturated rings. The number of hydrogen-bond donors (Lipinski definition) is 1. The number of likely N-dealkylation sites (tertiary alicyclic amines) is 1. The average molecular weight is 290 g/mol. The van der Waals surface area contributed by atoms with Crippen LogP contribution < -0.4 is 0 Å². The molecule has 2 rings (SSSR count). The van der Waals surface area contributed by atoms with E-state index in [1.165, 1.54) is 0 Å². The Kier molecular flexibility index (Phi) is 5.34. The molecular weight excluding hydrogens is 264 g/mol. The molecule has 1 aliphatic heterocycles. The van der Waals surface area contributed by atoms with Crippen molar-refractivity contribution in [2.75, 3.05) is 13.1 Å². The molecule has 1 atom stereocenters. The SMILES string of the molecule is CC(C)N1CCCC(CCCc2ccccn2)(C(=O)O)C1. The largest absolute Gasteiger partial charge is 0.481 e. The average Bonchev–Trinajstić information content (AvgIpc) is 2.48. The minimum atomic E-state index is -0.631. The molecule has 21 heavy (non-hydrogen) atoms. The van der Waals surface area contributed by atoms with Crippen molar-refractivity contribution in [3.63, 3.8) is 0 Å². The van der Waals surface area contributed by atoms with Gasteiger partial charge in [0.2, 0.25) is 0 Å². The van der Waals surface area contributed by atoms with Gasteiger partial charge in [-0.05, 0) is 64.6 Å². The summed E-state index contributed by atoms with van der Waals surface area (Å²) in [5, 5.41) is 9.74. The molecule has 2 heterocycles. The molecule has 1 N–H and O–H groups in total. The molecule has 0 saturated carbocycles. The molecule has 0 radical (unpaired) electrons. The third-order valence-electron chi connectivity index (χ3n) is 4.60. The van der Waals surface area contributed by atoms with Crippen LogP contribution in [-0.4, -0.2) is 40.1 Å². The number of rotatable bonds is 6. The molecule has 0 aliphatic carbocycles. The molecule has 1 aromatic rings. The molecule has 1 saturated heterocycles. The smallest absolute Gasteiger partial charge is 0.310 e. The van der Waals surface area contributed by atoms with Crippen molar-refractivity contribution >= 4 is 5.97 Å². The van der Waals surface area contributed by atoms with Crippen LogP contribution in [0.3, 0.4) is 0 Å². The lowest BCUT2D eigenvalue weighted by Crippen LogP contribution is -2.50. The Hall–Kier alpha value is -1.42. The Labute approximate surface area is 127 Å². The monoisotopic (exact) mass is 290 g/mol. The zero-order chi connectivity index (χ0) is 15.3. The third kappa shape index (κ3) is 4.03. The van der Waals surface area contributed by atoms with E-state index in [1.807, 2.05) is 18.2 Å². The van der Waals surface area contributed by atoms with Crippen molar-refractivity contribution < 1.29 is 9.90 Å².